The summed E-state index contributed by atoms with van der Waals surface area (Å²) in [7, 11) is 1.86. The summed E-state index contributed by atoms with van der Waals surface area (Å²) in [5.74, 6) is -0.0491. The Hall–Kier alpha value is -2.31. The number of aromatic nitrogens is 2. The molecule has 0 radical (unpaired) electrons. The second-order valence-electron chi connectivity index (χ2n) is 6.30. The molecule has 0 spiro atoms. The summed E-state index contributed by atoms with van der Waals surface area (Å²) in [6.45, 7) is 4.83. The van der Waals surface area contributed by atoms with Gasteiger partial charge in [-0.2, -0.15) is 0 Å². The number of aryl methyl sites for hydroxylation is 1. The molecule has 1 aliphatic rings. The van der Waals surface area contributed by atoms with Crippen molar-refractivity contribution in [3.8, 4) is 11.4 Å². The van der Waals surface area contributed by atoms with Crippen molar-refractivity contribution in [3.05, 3.63) is 47.8 Å². The van der Waals surface area contributed by atoms with Gasteiger partial charge in [-0.3, -0.25) is 14.6 Å². The highest BCUT2D eigenvalue weighted by Crippen LogP contribution is 2.19. The van der Waals surface area contributed by atoms with Crippen LogP contribution in [0.1, 0.15) is 11.1 Å². The molecule has 0 aliphatic carbocycles. The van der Waals surface area contributed by atoms with Crippen LogP contribution in [-0.2, 0) is 11.3 Å². The van der Waals surface area contributed by atoms with Gasteiger partial charge in [0.1, 0.15) is 6.04 Å². The second-order valence-corrected chi connectivity index (χ2v) is 6.30. The number of benzene rings is 1. The smallest absolute Gasteiger partial charge is 0.322 e. The molecule has 0 bridgehead atoms. The van der Waals surface area contributed by atoms with E-state index < -0.39 is 12.0 Å². The van der Waals surface area contributed by atoms with E-state index >= 15 is 0 Å². The monoisotopic (exact) mass is 326 g/mol. The molecule has 2 heterocycles. The number of carboxylic acid groups (broad SMARTS) is 1. The summed E-state index contributed by atoms with van der Waals surface area (Å²) in [5.41, 5.74) is 3.18. The van der Waals surface area contributed by atoms with E-state index in [1.54, 1.807) is 0 Å². The van der Waals surface area contributed by atoms with E-state index in [0.29, 0.717) is 13.1 Å². The Balaban J connectivity index is 1.69. The van der Waals surface area contributed by atoms with Crippen LogP contribution in [0.2, 0.25) is 0 Å². The Bertz CT molecular complexity index is 717. The van der Waals surface area contributed by atoms with Gasteiger partial charge in [-0.1, -0.05) is 24.3 Å². The highest BCUT2D eigenvalue weighted by Gasteiger charge is 2.29. The molecule has 2 aromatic rings. The Morgan fingerprint density at radius 2 is 1.96 bits per heavy atom. The molecule has 24 heavy (non-hydrogen) atoms. The number of hydrogen-bond donors (Lipinski definition) is 1. The summed E-state index contributed by atoms with van der Waals surface area (Å²) in [6, 6.07) is 7.59. The van der Waals surface area contributed by atoms with E-state index in [-0.39, 0.29) is 0 Å². The maximum Gasteiger partial charge on any atom is 0.322 e. The summed E-state index contributed by atoms with van der Waals surface area (Å²) in [5, 5.41) is 9.29. The van der Waals surface area contributed by atoms with Crippen molar-refractivity contribution in [2.75, 3.05) is 26.7 Å². The molecule has 1 aliphatic heterocycles. The van der Waals surface area contributed by atoms with Gasteiger partial charge < -0.3 is 5.11 Å². The number of carboxylic acids is 1. The fourth-order valence-electron chi connectivity index (χ4n) is 3.00. The van der Waals surface area contributed by atoms with E-state index in [0.717, 1.165) is 35.6 Å². The molecule has 1 aromatic heterocycles. The highest BCUT2D eigenvalue weighted by molar-refractivity contribution is 5.73. The van der Waals surface area contributed by atoms with Gasteiger partial charge in [-0.25, -0.2) is 9.97 Å². The molecule has 1 N–H and O–H groups in total. The average Bonchev–Trinajstić information content (AvgIpc) is 2.58. The molecule has 1 fully saturated rings. The van der Waals surface area contributed by atoms with Gasteiger partial charge in [-0.05, 0) is 19.5 Å². The predicted molar refractivity (Wildman–Crippen MR) is 91.5 cm³/mol. The van der Waals surface area contributed by atoms with Crippen molar-refractivity contribution in [2.24, 2.45) is 0 Å². The molecule has 1 saturated heterocycles. The molecule has 6 heteroatoms. The maximum absolute atomic E-state index is 11.3. The van der Waals surface area contributed by atoms with E-state index in [1.807, 2.05) is 55.5 Å². The van der Waals surface area contributed by atoms with Crippen LogP contribution < -0.4 is 0 Å². The molecule has 0 amide bonds. The SMILES string of the molecule is Cc1ccccc1-c1ncc(CN2CCN(C)[C@H](C(=O)O)C2)cn1. The number of carbonyl (C=O) groups is 1. The van der Waals surface area contributed by atoms with Crippen molar-refractivity contribution >= 4 is 5.97 Å². The molecule has 1 aromatic carbocycles. The number of likely N-dealkylation sites (N-methyl/N-ethyl adjacent to an activating group) is 1. The average molecular weight is 326 g/mol. The van der Waals surface area contributed by atoms with Crippen LogP contribution in [-0.4, -0.2) is 63.6 Å². The molecule has 6 nitrogen and oxygen atoms in total. The third-order valence-electron chi connectivity index (χ3n) is 4.51. The number of piperazine rings is 1. The number of hydrogen-bond acceptors (Lipinski definition) is 5. The van der Waals surface area contributed by atoms with Gasteiger partial charge in [-0.15, -0.1) is 0 Å². The Labute approximate surface area is 141 Å². The summed E-state index contributed by atoms with van der Waals surface area (Å²) >= 11 is 0. The third kappa shape index (κ3) is 3.60. The fourth-order valence-corrected chi connectivity index (χ4v) is 3.00. The van der Waals surface area contributed by atoms with Crippen LogP contribution >= 0.6 is 0 Å². The van der Waals surface area contributed by atoms with Crippen LogP contribution in [0.25, 0.3) is 11.4 Å². The number of nitrogens with zero attached hydrogens (tertiary/aromatic N) is 4. The quantitative estimate of drug-likeness (QED) is 0.921. The standard InChI is InChI=1S/C18H22N4O2/c1-13-5-3-4-6-15(13)17-19-9-14(10-20-17)11-22-8-7-21(2)16(12-22)18(23)24/h3-6,9-10,16H,7-8,11-12H2,1-2H3,(H,23,24)/t16-/m0/s1. The van der Waals surface area contributed by atoms with E-state index in [4.69, 9.17) is 0 Å². The number of aliphatic carboxylic acids is 1. The minimum atomic E-state index is -0.770. The molecular formula is C18H22N4O2. The first kappa shape index (κ1) is 16.5. The summed E-state index contributed by atoms with van der Waals surface area (Å²) in [6.07, 6.45) is 3.67. The lowest BCUT2D eigenvalue weighted by Gasteiger charge is -2.37. The molecule has 3 rings (SSSR count). The van der Waals surface area contributed by atoms with Crippen molar-refractivity contribution < 1.29 is 9.90 Å². The van der Waals surface area contributed by atoms with Crippen LogP contribution in [0.4, 0.5) is 0 Å². The Morgan fingerprint density at radius 1 is 1.25 bits per heavy atom. The van der Waals surface area contributed by atoms with Gasteiger partial charge >= 0.3 is 5.97 Å². The lowest BCUT2D eigenvalue weighted by Crippen LogP contribution is -2.54. The lowest BCUT2D eigenvalue weighted by atomic mass is 10.1. The topological polar surface area (TPSA) is 69.6 Å². The molecule has 0 unspecified atom stereocenters. The third-order valence-corrected chi connectivity index (χ3v) is 4.51. The van der Waals surface area contributed by atoms with Crippen molar-refractivity contribution in [3.63, 3.8) is 0 Å². The first-order chi connectivity index (χ1) is 11.5. The van der Waals surface area contributed by atoms with Gasteiger partial charge in [0.05, 0.1) is 0 Å². The zero-order valence-electron chi connectivity index (χ0n) is 14.0. The Kier molecular flexibility index (Phi) is 4.87. The molecule has 126 valence electrons. The fraction of sp³-hybridized carbons (Fsp3) is 0.389. The van der Waals surface area contributed by atoms with E-state index in [2.05, 4.69) is 14.9 Å². The van der Waals surface area contributed by atoms with Crippen LogP contribution in [0.15, 0.2) is 36.7 Å². The Morgan fingerprint density at radius 3 is 2.62 bits per heavy atom. The largest absolute Gasteiger partial charge is 0.480 e. The minimum Gasteiger partial charge on any atom is -0.480 e. The van der Waals surface area contributed by atoms with Gasteiger partial charge in [0.15, 0.2) is 5.82 Å². The highest BCUT2D eigenvalue weighted by atomic mass is 16.4. The van der Waals surface area contributed by atoms with Gasteiger partial charge in [0.25, 0.3) is 0 Å². The maximum atomic E-state index is 11.3. The van der Waals surface area contributed by atoms with Crippen LogP contribution in [0, 0.1) is 6.92 Å². The van der Waals surface area contributed by atoms with Gasteiger partial charge in [0.2, 0.25) is 0 Å². The molecular weight excluding hydrogens is 304 g/mol. The van der Waals surface area contributed by atoms with Gasteiger partial charge in [0, 0.05) is 49.7 Å². The zero-order valence-corrected chi connectivity index (χ0v) is 14.0. The first-order valence-electron chi connectivity index (χ1n) is 8.07. The van der Waals surface area contributed by atoms with E-state index in [9.17, 15) is 9.90 Å². The first-order valence-corrected chi connectivity index (χ1v) is 8.07. The van der Waals surface area contributed by atoms with Crippen LogP contribution in [0.5, 0.6) is 0 Å². The van der Waals surface area contributed by atoms with Crippen LogP contribution in [0.3, 0.4) is 0 Å². The van der Waals surface area contributed by atoms with E-state index in [1.165, 1.54) is 0 Å². The van der Waals surface area contributed by atoms with Crippen molar-refractivity contribution in [2.45, 2.75) is 19.5 Å². The molecule has 1 atom stereocenters. The lowest BCUT2D eigenvalue weighted by molar-refractivity contribution is -0.145. The molecule has 0 saturated carbocycles. The second kappa shape index (κ2) is 7.07. The minimum absolute atomic E-state index is 0.453. The summed E-state index contributed by atoms with van der Waals surface area (Å²) < 4.78 is 0. The predicted octanol–water partition coefficient (Wildman–Crippen LogP) is 1.65. The zero-order chi connectivity index (χ0) is 17.1. The normalized spacial score (nSPS) is 19.3. The van der Waals surface area contributed by atoms with Crippen molar-refractivity contribution in [1.82, 2.24) is 19.8 Å². The number of rotatable bonds is 4. The summed E-state index contributed by atoms with van der Waals surface area (Å²) in [4.78, 5) is 24.3. The van der Waals surface area contributed by atoms with Crippen molar-refractivity contribution in [1.29, 1.82) is 0 Å².